The van der Waals surface area contributed by atoms with E-state index in [1.807, 2.05) is 0 Å². The molecule has 0 aliphatic carbocycles. The topological polar surface area (TPSA) is 58.2 Å². The first-order valence-electron chi connectivity index (χ1n) is 12.7. The van der Waals surface area contributed by atoms with Crippen molar-refractivity contribution in [3.63, 3.8) is 0 Å². The molecule has 2 saturated heterocycles. The Kier molecular flexibility index (Phi) is 12.2. The maximum absolute atomic E-state index is 6.95. The molecule has 2 fully saturated rings. The van der Waals surface area contributed by atoms with Gasteiger partial charge in [-0.15, -0.1) is 0 Å². The average Bonchev–Trinajstić information content (AvgIpc) is 2.77. The van der Waals surface area contributed by atoms with Crippen LogP contribution in [-0.4, -0.2) is 105 Å². The Bertz CT molecular complexity index is 453. The van der Waals surface area contributed by atoms with Gasteiger partial charge in [-0.1, -0.05) is 0 Å². The van der Waals surface area contributed by atoms with Crippen molar-refractivity contribution in [3.05, 3.63) is 0 Å². The standard InChI is InChI=1S/C22H50N4O3Si2/c1-7-27-30(5,19-9-21(3)25-15-11-23-12-16-25)29-31(6,28-8-2)20-10-22(4)26-17-13-24-14-18-26/h21-24H,7-20H2,1-6H3. The number of hydrogen-bond donors (Lipinski definition) is 2. The Labute approximate surface area is 194 Å². The molecule has 2 aliphatic rings. The van der Waals surface area contributed by atoms with Crippen LogP contribution in [0.4, 0.5) is 0 Å². The molecule has 2 rings (SSSR count). The molecule has 2 aliphatic heterocycles. The number of nitrogens with one attached hydrogen (secondary N) is 2. The maximum atomic E-state index is 6.95. The summed E-state index contributed by atoms with van der Waals surface area (Å²) in [5.41, 5.74) is 0. The van der Waals surface area contributed by atoms with E-state index in [0.29, 0.717) is 12.1 Å². The van der Waals surface area contributed by atoms with Crippen LogP contribution in [0.15, 0.2) is 0 Å². The Morgan fingerprint density at radius 2 is 1.06 bits per heavy atom. The van der Waals surface area contributed by atoms with Crippen LogP contribution in [0.25, 0.3) is 0 Å². The molecule has 7 nitrogen and oxygen atoms in total. The Balaban J connectivity index is 1.93. The van der Waals surface area contributed by atoms with Gasteiger partial charge in [0.05, 0.1) is 0 Å². The largest absolute Gasteiger partial charge is 0.415 e. The van der Waals surface area contributed by atoms with E-state index in [0.717, 1.165) is 90.5 Å². The quantitative estimate of drug-likeness (QED) is 0.375. The van der Waals surface area contributed by atoms with Gasteiger partial charge >= 0.3 is 17.1 Å². The van der Waals surface area contributed by atoms with Crippen molar-refractivity contribution < 1.29 is 13.0 Å². The van der Waals surface area contributed by atoms with Gasteiger partial charge in [0.15, 0.2) is 0 Å². The predicted octanol–water partition coefficient (Wildman–Crippen LogP) is 2.59. The first-order valence-corrected chi connectivity index (χ1v) is 17.7. The third kappa shape index (κ3) is 9.50. The second-order valence-corrected chi connectivity index (χ2v) is 16.5. The molecule has 9 heteroatoms. The lowest BCUT2D eigenvalue weighted by Crippen LogP contribution is -2.54. The lowest BCUT2D eigenvalue weighted by atomic mass is 10.2. The minimum Gasteiger partial charge on any atom is -0.415 e. The molecule has 0 aromatic rings. The SMILES string of the molecule is CCO[Si](C)(CCC(C)N1CCNCC1)O[Si](C)(CCC(C)N1CCNCC1)OCC. The molecule has 0 bridgehead atoms. The molecule has 2 N–H and O–H groups in total. The van der Waals surface area contributed by atoms with Crippen LogP contribution in [0, 0.1) is 0 Å². The van der Waals surface area contributed by atoms with Crippen molar-refractivity contribution in [1.82, 2.24) is 20.4 Å². The lowest BCUT2D eigenvalue weighted by Gasteiger charge is -2.40. The normalized spacial score (nSPS) is 25.0. The van der Waals surface area contributed by atoms with E-state index in [1.165, 1.54) is 0 Å². The van der Waals surface area contributed by atoms with Crippen molar-refractivity contribution in [1.29, 1.82) is 0 Å². The summed E-state index contributed by atoms with van der Waals surface area (Å²) in [5.74, 6) is 0. The molecule has 0 saturated carbocycles. The fourth-order valence-corrected chi connectivity index (χ4v) is 13.3. The number of piperazine rings is 2. The first kappa shape index (κ1) is 27.4. The van der Waals surface area contributed by atoms with E-state index in [1.54, 1.807) is 0 Å². The van der Waals surface area contributed by atoms with E-state index < -0.39 is 17.1 Å². The van der Waals surface area contributed by atoms with E-state index >= 15 is 0 Å². The fourth-order valence-electron chi connectivity index (χ4n) is 4.93. The zero-order valence-electron chi connectivity index (χ0n) is 21.2. The van der Waals surface area contributed by atoms with Crippen molar-refractivity contribution in [3.8, 4) is 0 Å². The molecule has 0 spiro atoms. The summed E-state index contributed by atoms with van der Waals surface area (Å²) in [6.45, 7) is 23.9. The summed E-state index contributed by atoms with van der Waals surface area (Å²) in [4.78, 5) is 5.21. The summed E-state index contributed by atoms with van der Waals surface area (Å²) in [5, 5.41) is 6.91. The van der Waals surface area contributed by atoms with Gasteiger partial charge in [-0.25, -0.2) is 0 Å². The molecule has 0 aromatic carbocycles. The third-order valence-corrected chi connectivity index (χ3v) is 14.6. The highest BCUT2D eigenvalue weighted by atomic mass is 28.5. The second-order valence-electron chi connectivity index (χ2n) is 9.58. The van der Waals surface area contributed by atoms with Gasteiger partial charge in [0.25, 0.3) is 0 Å². The molecule has 0 amide bonds. The zero-order chi connectivity index (χ0) is 22.7. The van der Waals surface area contributed by atoms with Crippen molar-refractivity contribution in [2.45, 2.75) is 77.8 Å². The Morgan fingerprint density at radius 3 is 1.39 bits per heavy atom. The van der Waals surface area contributed by atoms with Crippen LogP contribution in [0.3, 0.4) is 0 Å². The van der Waals surface area contributed by atoms with E-state index in [-0.39, 0.29) is 0 Å². The average molecular weight is 475 g/mol. The number of nitrogens with zero attached hydrogens (tertiary/aromatic N) is 2. The molecule has 0 radical (unpaired) electrons. The minimum atomic E-state index is -2.29. The van der Waals surface area contributed by atoms with E-state index in [2.05, 4.69) is 61.2 Å². The molecule has 4 unspecified atom stereocenters. The van der Waals surface area contributed by atoms with Gasteiger partial charge in [-0.2, -0.15) is 0 Å². The van der Waals surface area contributed by atoms with Crippen molar-refractivity contribution in [2.24, 2.45) is 0 Å². The number of rotatable bonds is 14. The van der Waals surface area contributed by atoms with E-state index in [9.17, 15) is 0 Å². The van der Waals surface area contributed by atoms with Crippen LogP contribution in [-0.2, 0) is 13.0 Å². The van der Waals surface area contributed by atoms with Crippen LogP contribution >= 0.6 is 0 Å². The Morgan fingerprint density at radius 1 is 0.710 bits per heavy atom. The highest BCUT2D eigenvalue weighted by Crippen LogP contribution is 2.28. The summed E-state index contributed by atoms with van der Waals surface area (Å²) in [6, 6.07) is 3.22. The summed E-state index contributed by atoms with van der Waals surface area (Å²) in [7, 11) is -4.58. The van der Waals surface area contributed by atoms with Crippen LogP contribution in [0.2, 0.25) is 25.2 Å². The molecule has 184 valence electrons. The third-order valence-electron chi connectivity index (χ3n) is 6.91. The van der Waals surface area contributed by atoms with Crippen LogP contribution in [0.5, 0.6) is 0 Å². The van der Waals surface area contributed by atoms with Crippen LogP contribution in [0.1, 0.15) is 40.5 Å². The Hall–Kier alpha value is 0.154. The maximum Gasteiger partial charge on any atom is 0.326 e. The van der Waals surface area contributed by atoms with Crippen molar-refractivity contribution in [2.75, 3.05) is 65.6 Å². The van der Waals surface area contributed by atoms with Gasteiger partial charge in [0, 0.05) is 77.7 Å². The van der Waals surface area contributed by atoms with Gasteiger partial charge in [0.2, 0.25) is 0 Å². The first-order chi connectivity index (χ1) is 14.8. The van der Waals surface area contributed by atoms with Crippen LogP contribution < -0.4 is 10.6 Å². The molecular formula is C22H50N4O3Si2. The van der Waals surface area contributed by atoms with Gasteiger partial charge in [-0.05, 0) is 65.7 Å². The monoisotopic (exact) mass is 474 g/mol. The van der Waals surface area contributed by atoms with Gasteiger partial charge < -0.3 is 23.6 Å². The highest BCUT2D eigenvalue weighted by molar-refractivity contribution is 6.80. The molecule has 0 aromatic heterocycles. The molecule has 4 atom stereocenters. The number of hydrogen-bond acceptors (Lipinski definition) is 7. The molecule has 2 heterocycles. The van der Waals surface area contributed by atoms with Gasteiger partial charge in [0.1, 0.15) is 0 Å². The minimum absolute atomic E-state index is 0.575. The van der Waals surface area contributed by atoms with E-state index in [4.69, 9.17) is 13.0 Å². The smallest absolute Gasteiger partial charge is 0.326 e. The highest BCUT2D eigenvalue weighted by Gasteiger charge is 2.43. The summed E-state index contributed by atoms with van der Waals surface area (Å²) < 4.78 is 19.7. The summed E-state index contributed by atoms with van der Waals surface area (Å²) in [6.07, 6.45) is 2.27. The van der Waals surface area contributed by atoms with Gasteiger partial charge in [-0.3, -0.25) is 9.80 Å². The molecular weight excluding hydrogens is 424 g/mol. The predicted molar refractivity (Wildman–Crippen MR) is 134 cm³/mol. The lowest BCUT2D eigenvalue weighted by molar-refractivity contribution is 0.164. The fraction of sp³-hybridized carbons (Fsp3) is 1.00. The zero-order valence-corrected chi connectivity index (χ0v) is 23.2. The second kappa shape index (κ2) is 13.8. The molecule has 31 heavy (non-hydrogen) atoms. The summed E-state index contributed by atoms with van der Waals surface area (Å²) >= 11 is 0. The van der Waals surface area contributed by atoms with Crippen molar-refractivity contribution >= 4 is 17.1 Å².